The van der Waals surface area contributed by atoms with Gasteiger partial charge in [-0.15, -0.1) is 0 Å². The second-order valence-electron chi connectivity index (χ2n) is 8.22. The predicted molar refractivity (Wildman–Crippen MR) is 111 cm³/mol. The summed E-state index contributed by atoms with van der Waals surface area (Å²) in [6.07, 6.45) is 2.45. The summed E-state index contributed by atoms with van der Waals surface area (Å²) in [5.74, 6) is -0.443. The molecule has 2 amide bonds. The fraction of sp³-hybridized carbons (Fsp3) is 0.348. The molecule has 0 radical (unpaired) electrons. The molecule has 1 N–H and O–H groups in total. The summed E-state index contributed by atoms with van der Waals surface area (Å²) in [6, 6.07) is 13.0. The Bertz CT molecular complexity index is 1190. The monoisotopic (exact) mass is 405 g/mol. The highest BCUT2D eigenvalue weighted by molar-refractivity contribution is 5.99. The molecule has 1 saturated heterocycles. The number of carbonyl (C=O) groups is 2. The number of piperidine rings is 1. The van der Waals surface area contributed by atoms with Crippen LogP contribution in [0.2, 0.25) is 0 Å². The third-order valence-corrected chi connectivity index (χ3v) is 6.30. The molecule has 2 aliphatic heterocycles. The van der Waals surface area contributed by atoms with Crippen molar-refractivity contribution in [2.75, 3.05) is 13.6 Å². The van der Waals surface area contributed by atoms with Crippen molar-refractivity contribution in [3.8, 4) is 0 Å². The molecule has 7 heteroatoms. The molecule has 2 aromatic carbocycles. The molecule has 1 aromatic heterocycles. The molecule has 0 saturated carbocycles. The molecule has 5 rings (SSSR count). The Hall–Kier alpha value is -3.35. The smallest absolute Gasteiger partial charge is 0.408 e. The molecular formula is C23H23N3O4. The number of aromatic nitrogens is 1. The molecule has 0 unspecified atom stereocenters. The van der Waals surface area contributed by atoms with E-state index < -0.39 is 5.76 Å². The van der Waals surface area contributed by atoms with Gasteiger partial charge in [-0.1, -0.05) is 24.3 Å². The molecule has 2 atom stereocenters. The minimum absolute atomic E-state index is 0.0252. The van der Waals surface area contributed by atoms with Crippen molar-refractivity contribution >= 4 is 22.9 Å². The lowest BCUT2D eigenvalue weighted by Gasteiger charge is -2.33. The van der Waals surface area contributed by atoms with E-state index >= 15 is 0 Å². The topological polar surface area (TPSA) is 86.6 Å². The summed E-state index contributed by atoms with van der Waals surface area (Å²) < 4.78 is 5.17. The van der Waals surface area contributed by atoms with Crippen molar-refractivity contribution in [2.24, 2.45) is 5.92 Å². The van der Waals surface area contributed by atoms with Crippen LogP contribution in [0, 0.1) is 5.92 Å². The van der Waals surface area contributed by atoms with Crippen molar-refractivity contribution in [3.05, 3.63) is 69.7 Å². The van der Waals surface area contributed by atoms with E-state index in [1.54, 1.807) is 17.0 Å². The molecule has 0 aliphatic carbocycles. The SMILES string of the molecule is CN1CCC[C@@H](C[C@@H]2c3ccccc3C(=O)N2Cc2ccc3[nH]c(=O)oc3c2)C1=O. The largest absolute Gasteiger partial charge is 0.417 e. The zero-order valence-corrected chi connectivity index (χ0v) is 16.8. The van der Waals surface area contributed by atoms with Gasteiger partial charge < -0.3 is 14.2 Å². The van der Waals surface area contributed by atoms with E-state index in [1.165, 1.54) is 0 Å². The van der Waals surface area contributed by atoms with Crippen LogP contribution in [0.25, 0.3) is 11.1 Å². The Morgan fingerprint density at radius 1 is 1.13 bits per heavy atom. The van der Waals surface area contributed by atoms with Crippen LogP contribution >= 0.6 is 0 Å². The van der Waals surface area contributed by atoms with E-state index in [-0.39, 0.29) is 23.8 Å². The van der Waals surface area contributed by atoms with Crippen LogP contribution in [-0.2, 0) is 11.3 Å². The Labute approximate surface area is 173 Å². The van der Waals surface area contributed by atoms with Crippen molar-refractivity contribution in [3.63, 3.8) is 0 Å². The molecule has 154 valence electrons. The van der Waals surface area contributed by atoms with Gasteiger partial charge >= 0.3 is 5.76 Å². The van der Waals surface area contributed by atoms with Gasteiger partial charge in [0.1, 0.15) is 0 Å². The molecular weight excluding hydrogens is 382 g/mol. The molecule has 3 aromatic rings. The second-order valence-corrected chi connectivity index (χ2v) is 8.22. The Morgan fingerprint density at radius 3 is 2.83 bits per heavy atom. The van der Waals surface area contributed by atoms with E-state index in [0.29, 0.717) is 29.6 Å². The van der Waals surface area contributed by atoms with Crippen molar-refractivity contribution in [2.45, 2.75) is 31.8 Å². The fourth-order valence-corrected chi connectivity index (χ4v) is 4.78. The zero-order chi connectivity index (χ0) is 20.8. The molecule has 1 fully saturated rings. The number of H-pyrrole nitrogens is 1. The fourth-order valence-electron chi connectivity index (χ4n) is 4.78. The van der Waals surface area contributed by atoms with Crippen LogP contribution in [-0.4, -0.2) is 40.2 Å². The zero-order valence-electron chi connectivity index (χ0n) is 16.8. The van der Waals surface area contributed by atoms with Crippen LogP contribution in [0.4, 0.5) is 0 Å². The lowest BCUT2D eigenvalue weighted by Crippen LogP contribution is -2.40. The lowest BCUT2D eigenvalue weighted by molar-refractivity contribution is -0.137. The van der Waals surface area contributed by atoms with E-state index in [0.717, 1.165) is 30.5 Å². The molecule has 0 bridgehead atoms. The summed E-state index contributed by atoms with van der Waals surface area (Å²) >= 11 is 0. The van der Waals surface area contributed by atoms with Crippen molar-refractivity contribution in [1.29, 1.82) is 0 Å². The third kappa shape index (κ3) is 3.10. The number of nitrogens with one attached hydrogen (secondary N) is 1. The molecule has 2 aliphatic rings. The van der Waals surface area contributed by atoms with E-state index in [2.05, 4.69) is 4.98 Å². The summed E-state index contributed by atoms with van der Waals surface area (Å²) in [4.78, 5) is 43.6. The number of oxazole rings is 1. The van der Waals surface area contributed by atoms with Crippen LogP contribution < -0.4 is 5.76 Å². The van der Waals surface area contributed by atoms with Crippen molar-refractivity contribution < 1.29 is 14.0 Å². The molecule has 3 heterocycles. The molecule has 0 spiro atoms. The normalized spacial score (nSPS) is 21.5. The first-order chi connectivity index (χ1) is 14.5. The van der Waals surface area contributed by atoms with Gasteiger partial charge in [-0.05, 0) is 48.6 Å². The Kier molecular flexibility index (Phi) is 4.46. The number of carbonyl (C=O) groups excluding carboxylic acids is 2. The van der Waals surface area contributed by atoms with Gasteiger partial charge in [-0.25, -0.2) is 4.79 Å². The number of nitrogens with zero attached hydrogens (tertiary/aromatic N) is 2. The number of hydrogen-bond donors (Lipinski definition) is 1. The number of likely N-dealkylation sites (tertiary alicyclic amines) is 1. The van der Waals surface area contributed by atoms with Gasteiger partial charge in [-0.2, -0.15) is 0 Å². The highest BCUT2D eigenvalue weighted by Gasteiger charge is 2.39. The standard InChI is InChI=1S/C23H23N3O4/c1-25-10-4-5-15(21(25)27)12-19-16-6-2-3-7-17(16)22(28)26(19)13-14-8-9-18-20(11-14)30-23(29)24-18/h2-3,6-9,11,15,19H,4-5,10,12-13H2,1H3,(H,24,29)/t15-,19+/m0/s1. The quantitative estimate of drug-likeness (QED) is 0.723. The van der Waals surface area contributed by atoms with Crippen LogP contribution in [0.5, 0.6) is 0 Å². The minimum atomic E-state index is -0.496. The van der Waals surface area contributed by atoms with Crippen LogP contribution in [0.3, 0.4) is 0 Å². The van der Waals surface area contributed by atoms with E-state index in [1.807, 2.05) is 42.3 Å². The molecule has 30 heavy (non-hydrogen) atoms. The van der Waals surface area contributed by atoms with Gasteiger partial charge in [-0.3, -0.25) is 14.6 Å². The van der Waals surface area contributed by atoms with E-state index in [9.17, 15) is 14.4 Å². The number of benzene rings is 2. The van der Waals surface area contributed by atoms with Gasteiger partial charge in [0, 0.05) is 31.6 Å². The maximum Gasteiger partial charge on any atom is 0.417 e. The number of rotatable bonds is 4. The number of fused-ring (bicyclic) bond motifs is 2. The summed E-state index contributed by atoms with van der Waals surface area (Å²) in [7, 11) is 1.85. The van der Waals surface area contributed by atoms with Gasteiger partial charge in [0.25, 0.3) is 5.91 Å². The Balaban J connectivity index is 1.47. The third-order valence-electron chi connectivity index (χ3n) is 6.30. The first-order valence-electron chi connectivity index (χ1n) is 10.3. The second kappa shape index (κ2) is 7.16. The highest BCUT2D eigenvalue weighted by Crippen LogP contribution is 2.40. The first-order valence-corrected chi connectivity index (χ1v) is 10.3. The summed E-state index contributed by atoms with van der Waals surface area (Å²) in [5, 5.41) is 0. The van der Waals surface area contributed by atoms with Gasteiger partial charge in [0.05, 0.1) is 11.6 Å². The van der Waals surface area contributed by atoms with Gasteiger partial charge in [0.2, 0.25) is 5.91 Å². The minimum Gasteiger partial charge on any atom is -0.408 e. The highest BCUT2D eigenvalue weighted by atomic mass is 16.4. The average Bonchev–Trinajstić information content (AvgIpc) is 3.23. The Morgan fingerprint density at radius 2 is 1.97 bits per heavy atom. The lowest BCUT2D eigenvalue weighted by atomic mass is 9.88. The summed E-state index contributed by atoms with van der Waals surface area (Å²) in [6.45, 7) is 1.18. The first kappa shape index (κ1) is 18.7. The van der Waals surface area contributed by atoms with Crippen LogP contribution in [0.15, 0.2) is 51.7 Å². The maximum atomic E-state index is 13.2. The summed E-state index contributed by atoms with van der Waals surface area (Å²) in [5.41, 5.74) is 3.67. The number of aromatic amines is 1. The maximum absolute atomic E-state index is 13.2. The average molecular weight is 405 g/mol. The predicted octanol–water partition coefficient (Wildman–Crippen LogP) is 3.08. The van der Waals surface area contributed by atoms with E-state index in [4.69, 9.17) is 4.42 Å². The van der Waals surface area contributed by atoms with Crippen molar-refractivity contribution in [1.82, 2.24) is 14.8 Å². The number of amides is 2. The number of hydrogen-bond acceptors (Lipinski definition) is 4. The van der Waals surface area contributed by atoms with Gasteiger partial charge in [0.15, 0.2) is 5.58 Å². The van der Waals surface area contributed by atoms with Crippen LogP contribution in [0.1, 0.15) is 46.8 Å². The molecule has 7 nitrogen and oxygen atoms in total.